The van der Waals surface area contributed by atoms with Crippen LogP contribution in [0.3, 0.4) is 0 Å². The molecule has 110 valence electrons. The molecule has 3 rings (SSSR count). The summed E-state index contributed by atoms with van der Waals surface area (Å²) in [5, 5.41) is 2.80. The van der Waals surface area contributed by atoms with Crippen molar-refractivity contribution in [2.45, 2.75) is 42.4 Å². The highest BCUT2D eigenvalue weighted by molar-refractivity contribution is 9.10. The van der Waals surface area contributed by atoms with Crippen molar-refractivity contribution in [3.8, 4) is 0 Å². The van der Waals surface area contributed by atoms with E-state index in [2.05, 4.69) is 21.2 Å². The van der Waals surface area contributed by atoms with Crippen LogP contribution < -0.4 is 5.32 Å². The molecule has 3 heterocycles. The minimum atomic E-state index is -3.95. The number of nitrogens with one attached hydrogen (secondary N) is 1. The maximum atomic E-state index is 12.1. The Balaban J connectivity index is 1.75. The number of hydrogen-bond acceptors (Lipinski definition) is 5. The van der Waals surface area contributed by atoms with Crippen molar-refractivity contribution in [1.82, 2.24) is 5.32 Å². The summed E-state index contributed by atoms with van der Waals surface area (Å²) in [5.41, 5.74) is 0. The molecule has 0 aliphatic carbocycles. The van der Waals surface area contributed by atoms with Crippen LogP contribution in [0, 0.1) is 0 Å². The highest BCUT2D eigenvalue weighted by Crippen LogP contribution is 2.35. The average molecular weight is 385 g/mol. The van der Waals surface area contributed by atoms with E-state index in [0.717, 1.165) is 25.3 Å². The fourth-order valence-electron chi connectivity index (χ4n) is 2.66. The van der Waals surface area contributed by atoms with Crippen LogP contribution in [0.15, 0.2) is 20.0 Å². The van der Waals surface area contributed by atoms with Gasteiger partial charge in [0, 0.05) is 16.7 Å². The van der Waals surface area contributed by atoms with Gasteiger partial charge in [0.15, 0.2) is 10.4 Å². The minimum absolute atomic E-state index is 0.0404. The fraction of sp³-hybridized carbons (Fsp3) is 0.545. The first-order chi connectivity index (χ1) is 9.34. The molecule has 0 spiro atoms. The lowest BCUT2D eigenvalue weighted by atomic mass is 9.95. The maximum absolute atomic E-state index is 12.1. The molecule has 1 aromatic rings. The number of rotatable bonds is 3. The SMILES string of the molecule is O=C(NC1CC2CCC1O2)c1cc(S(=O)(=O)Cl)c(Br)o1. The van der Waals surface area contributed by atoms with Crippen LogP contribution in [0.2, 0.25) is 0 Å². The summed E-state index contributed by atoms with van der Waals surface area (Å²) in [6.45, 7) is 0. The molecule has 3 atom stereocenters. The van der Waals surface area contributed by atoms with E-state index in [9.17, 15) is 13.2 Å². The van der Waals surface area contributed by atoms with Gasteiger partial charge in [0.2, 0.25) is 0 Å². The quantitative estimate of drug-likeness (QED) is 0.806. The first-order valence-electron chi connectivity index (χ1n) is 6.05. The second-order valence-corrected chi connectivity index (χ2v) is 8.13. The second-order valence-electron chi connectivity index (χ2n) is 4.88. The lowest BCUT2D eigenvalue weighted by molar-refractivity contribution is 0.0820. The van der Waals surface area contributed by atoms with Crippen molar-refractivity contribution in [1.29, 1.82) is 0 Å². The van der Waals surface area contributed by atoms with Crippen LogP contribution in [0.5, 0.6) is 0 Å². The van der Waals surface area contributed by atoms with Crippen LogP contribution in [-0.2, 0) is 13.8 Å². The molecule has 0 saturated carbocycles. The van der Waals surface area contributed by atoms with Gasteiger partial charge >= 0.3 is 0 Å². The molecule has 3 unspecified atom stereocenters. The van der Waals surface area contributed by atoms with E-state index < -0.39 is 15.0 Å². The minimum Gasteiger partial charge on any atom is -0.443 e. The largest absolute Gasteiger partial charge is 0.443 e. The van der Waals surface area contributed by atoms with Gasteiger partial charge in [0.05, 0.1) is 18.2 Å². The maximum Gasteiger partial charge on any atom is 0.287 e. The molecular formula is C11H11BrClNO5S. The second kappa shape index (κ2) is 5.01. The number of fused-ring (bicyclic) bond motifs is 2. The van der Waals surface area contributed by atoms with E-state index in [4.69, 9.17) is 19.8 Å². The number of carbonyl (C=O) groups excluding carboxylic acids is 1. The van der Waals surface area contributed by atoms with E-state index >= 15 is 0 Å². The number of hydrogen-bond donors (Lipinski definition) is 1. The first kappa shape index (κ1) is 14.4. The smallest absolute Gasteiger partial charge is 0.287 e. The van der Waals surface area contributed by atoms with Crippen LogP contribution >= 0.6 is 26.6 Å². The van der Waals surface area contributed by atoms with E-state index in [1.165, 1.54) is 0 Å². The Labute approximate surface area is 128 Å². The van der Waals surface area contributed by atoms with Crippen molar-refractivity contribution >= 4 is 41.6 Å². The molecule has 2 bridgehead atoms. The third-order valence-electron chi connectivity index (χ3n) is 3.56. The number of halogens is 2. The molecule has 2 aliphatic heterocycles. The molecule has 1 aromatic heterocycles. The molecule has 6 nitrogen and oxygen atoms in total. The first-order valence-corrected chi connectivity index (χ1v) is 9.15. The van der Waals surface area contributed by atoms with Gasteiger partial charge in [0.25, 0.3) is 15.0 Å². The average Bonchev–Trinajstić information content (AvgIpc) is 3.01. The van der Waals surface area contributed by atoms with Crippen molar-refractivity contribution in [2.24, 2.45) is 0 Å². The van der Waals surface area contributed by atoms with Gasteiger partial charge in [-0.15, -0.1) is 0 Å². The standard InChI is InChI=1S/C11H11BrClNO5S/c12-10-9(20(13,16)17)4-8(19-10)11(15)14-6-3-5-1-2-7(6)18-5/h4-7H,1-3H2,(H,14,15). The molecule has 20 heavy (non-hydrogen) atoms. The van der Waals surface area contributed by atoms with Gasteiger partial charge in [0.1, 0.15) is 4.90 Å². The Kier molecular flexibility index (Phi) is 3.60. The number of amides is 1. The lowest BCUT2D eigenvalue weighted by Crippen LogP contribution is -2.41. The predicted octanol–water partition coefficient (Wildman–Crippen LogP) is 2.02. The molecular weight excluding hydrogens is 374 g/mol. The zero-order chi connectivity index (χ0) is 14.5. The number of furan rings is 1. The van der Waals surface area contributed by atoms with Gasteiger partial charge in [-0.25, -0.2) is 8.42 Å². The Hall–Kier alpha value is -0.570. The van der Waals surface area contributed by atoms with Crippen LogP contribution in [0.25, 0.3) is 0 Å². The summed E-state index contributed by atoms with van der Waals surface area (Å²) in [5.74, 6) is -0.572. The summed E-state index contributed by atoms with van der Waals surface area (Å²) >= 11 is 2.93. The molecule has 0 aromatic carbocycles. The third-order valence-corrected chi connectivity index (χ3v) is 5.74. The van der Waals surface area contributed by atoms with Crippen molar-refractivity contribution in [3.63, 3.8) is 0 Å². The molecule has 1 amide bonds. The predicted molar refractivity (Wildman–Crippen MR) is 73.2 cm³/mol. The summed E-state index contributed by atoms with van der Waals surface area (Å²) < 4.78 is 33.2. The lowest BCUT2D eigenvalue weighted by Gasteiger charge is -2.19. The molecule has 2 saturated heterocycles. The molecule has 2 aliphatic rings. The van der Waals surface area contributed by atoms with E-state index in [-0.39, 0.29) is 33.6 Å². The Morgan fingerprint density at radius 3 is 2.70 bits per heavy atom. The zero-order valence-electron chi connectivity index (χ0n) is 10.1. The van der Waals surface area contributed by atoms with Gasteiger partial charge in [-0.05, 0) is 35.2 Å². The van der Waals surface area contributed by atoms with E-state index in [0.29, 0.717) is 0 Å². The summed E-state index contributed by atoms with van der Waals surface area (Å²) in [7, 11) is 1.28. The van der Waals surface area contributed by atoms with E-state index in [1.807, 2.05) is 0 Å². The molecule has 2 fully saturated rings. The Bertz CT molecular complexity index is 658. The Morgan fingerprint density at radius 2 is 2.20 bits per heavy atom. The summed E-state index contributed by atoms with van der Waals surface area (Å²) in [4.78, 5) is 11.8. The highest BCUT2D eigenvalue weighted by atomic mass is 79.9. The Morgan fingerprint density at radius 1 is 1.45 bits per heavy atom. The molecule has 9 heteroatoms. The highest BCUT2D eigenvalue weighted by Gasteiger charge is 2.41. The third kappa shape index (κ3) is 2.61. The van der Waals surface area contributed by atoms with Crippen molar-refractivity contribution in [3.05, 3.63) is 16.5 Å². The topological polar surface area (TPSA) is 85.6 Å². The summed E-state index contributed by atoms with van der Waals surface area (Å²) in [6.07, 6.45) is 2.99. The molecule has 0 radical (unpaired) electrons. The van der Waals surface area contributed by atoms with E-state index in [1.54, 1.807) is 0 Å². The zero-order valence-corrected chi connectivity index (χ0v) is 13.3. The van der Waals surface area contributed by atoms with Crippen LogP contribution in [0.1, 0.15) is 29.8 Å². The molecule has 1 N–H and O–H groups in total. The van der Waals surface area contributed by atoms with Crippen molar-refractivity contribution in [2.75, 3.05) is 0 Å². The number of ether oxygens (including phenoxy) is 1. The summed E-state index contributed by atoms with van der Waals surface area (Å²) in [6, 6.07) is 1.05. The normalized spacial score (nSPS) is 28.8. The van der Waals surface area contributed by atoms with Gasteiger partial charge < -0.3 is 14.5 Å². The number of carbonyl (C=O) groups is 1. The fourth-order valence-corrected chi connectivity index (χ4v) is 4.69. The van der Waals surface area contributed by atoms with Gasteiger partial charge in [-0.3, -0.25) is 4.79 Å². The van der Waals surface area contributed by atoms with Gasteiger partial charge in [-0.1, -0.05) is 0 Å². The van der Waals surface area contributed by atoms with Crippen molar-refractivity contribution < 1.29 is 22.4 Å². The van der Waals surface area contributed by atoms with Crippen LogP contribution in [0.4, 0.5) is 0 Å². The van der Waals surface area contributed by atoms with Gasteiger partial charge in [-0.2, -0.15) is 0 Å². The monoisotopic (exact) mass is 383 g/mol. The van der Waals surface area contributed by atoms with Crippen LogP contribution in [-0.4, -0.2) is 32.6 Å².